The van der Waals surface area contributed by atoms with E-state index in [-0.39, 0.29) is 5.56 Å². The average molecular weight is 370 g/mol. The van der Waals surface area contributed by atoms with Gasteiger partial charge in [-0.2, -0.15) is 0 Å². The molecule has 140 valence electrons. The van der Waals surface area contributed by atoms with Crippen LogP contribution in [0.4, 0.5) is 0 Å². The zero-order chi connectivity index (χ0) is 19.2. The van der Waals surface area contributed by atoms with Crippen LogP contribution in [0, 0.1) is 0 Å². The van der Waals surface area contributed by atoms with Gasteiger partial charge in [0, 0.05) is 12.1 Å². The molecule has 0 N–H and O–H groups in total. The Morgan fingerprint density at radius 3 is 2.46 bits per heavy atom. The normalized spacial score (nSPS) is 10.9. The van der Waals surface area contributed by atoms with Crippen LogP contribution in [0.3, 0.4) is 0 Å². The summed E-state index contributed by atoms with van der Waals surface area (Å²) < 4.78 is 7.71. The molecule has 1 aromatic heterocycles. The molecule has 0 saturated carbocycles. The Kier molecular flexibility index (Phi) is 5.48. The lowest BCUT2D eigenvalue weighted by Gasteiger charge is -2.12. The highest BCUT2D eigenvalue weighted by atomic mass is 16.5. The topological polar surface area (TPSA) is 44.1 Å². The van der Waals surface area contributed by atoms with E-state index in [1.165, 1.54) is 0 Å². The fourth-order valence-electron chi connectivity index (χ4n) is 3.28. The van der Waals surface area contributed by atoms with Gasteiger partial charge in [-0.3, -0.25) is 9.36 Å². The molecule has 0 saturated heterocycles. The van der Waals surface area contributed by atoms with Gasteiger partial charge in [0.05, 0.1) is 23.8 Å². The molecule has 4 aromatic rings. The molecule has 0 radical (unpaired) electrons. The van der Waals surface area contributed by atoms with Gasteiger partial charge in [-0.05, 0) is 36.6 Å². The first kappa shape index (κ1) is 18.0. The highest BCUT2D eigenvalue weighted by molar-refractivity contribution is 5.76. The van der Waals surface area contributed by atoms with Gasteiger partial charge < -0.3 is 4.74 Å². The van der Waals surface area contributed by atoms with Crippen LogP contribution in [0.15, 0.2) is 90.0 Å². The molecule has 0 atom stereocenters. The maximum atomic E-state index is 12.5. The van der Waals surface area contributed by atoms with Gasteiger partial charge in [0.1, 0.15) is 5.75 Å². The monoisotopic (exact) mass is 370 g/mol. The van der Waals surface area contributed by atoms with E-state index >= 15 is 0 Å². The van der Waals surface area contributed by atoms with Crippen molar-refractivity contribution in [1.29, 1.82) is 0 Å². The molecule has 28 heavy (non-hydrogen) atoms. The number of fused-ring (bicyclic) bond motifs is 1. The molecule has 0 unspecified atom stereocenters. The van der Waals surface area contributed by atoms with E-state index in [0.29, 0.717) is 18.5 Å². The van der Waals surface area contributed by atoms with Crippen molar-refractivity contribution >= 4 is 10.9 Å². The van der Waals surface area contributed by atoms with Crippen LogP contribution < -0.4 is 10.3 Å². The number of aromatic nitrogens is 2. The van der Waals surface area contributed by atoms with Crippen molar-refractivity contribution in [3.8, 4) is 16.9 Å². The number of rotatable bonds is 7. The SMILES string of the molecule is O=c1c2ccccc2ncn1CCCCOc1ccccc1-c1ccccc1. The van der Waals surface area contributed by atoms with Crippen LogP contribution in [-0.4, -0.2) is 16.2 Å². The molecule has 0 bridgehead atoms. The molecule has 1 heterocycles. The van der Waals surface area contributed by atoms with Crippen LogP contribution in [0.1, 0.15) is 12.8 Å². The van der Waals surface area contributed by atoms with Crippen molar-refractivity contribution in [2.45, 2.75) is 19.4 Å². The quantitative estimate of drug-likeness (QED) is 0.434. The summed E-state index contributed by atoms with van der Waals surface area (Å²) >= 11 is 0. The Morgan fingerprint density at radius 2 is 1.57 bits per heavy atom. The van der Waals surface area contributed by atoms with E-state index in [1.807, 2.05) is 60.7 Å². The van der Waals surface area contributed by atoms with E-state index in [9.17, 15) is 4.79 Å². The third-order valence-corrected chi connectivity index (χ3v) is 4.75. The zero-order valence-electron chi connectivity index (χ0n) is 15.6. The number of para-hydroxylation sites is 2. The van der Waals surface area contributed by atoms with E-state index in [0.717, 1.165) is 35.2 Å². The second kappa shape index (κ2) is 8.53. The molecule has 4 nitrogen and oxygen atoms in total. The first-order valence-corrected chi connectivity index (χ1v) is 9.54. The number of ether oxygens (including phenoxy) is 1. The summed E-state index contributed by atoms with van der Waals surface area (Å²) in [5.41, 5.74) is 3.00. The van der Waals surface area contributed by atoms with Gasteiger partial charge in [0.25, 0.3) is 5.56 Å². The zero-order valence-corrected chi connectivity index (χ0v) is 15.6. The summed E-state index contributed by atoms with van der Waals surface area (Å²) in [5, 5.41) is 0.665. The van der Waals surface area contributed by atoms with Crippen LogP contribution in [0.25, 0.3) is 22.0 Å². The summed E-state index contributed by atoms with van der Waals surface area (Å²) in [5.74, 6) is 0.887. The third-order valence-electron chi connectivity index (χ3n) is 4.75. The second-order valence-corrected chi connectivity index (χ2v) is 6.68. The molecule has 0 aliphatic heterocycles. The Labute approximate surface area is 164 Å². The first-order valence-electron chi connectivity index (χ1n) is 9.54. The minimum Gasteiger partial charge on any atom is -0.493 e. The van der Waals surface area contributed by atoms with E-state index < -0.39 is 0 Å². The van der Waals surface area contributed by atoms with Gasteiger partial charge in [-0.15, -0.1) is 0 Å². The second-order valence-electron chi connectivity index (χ2n) is 6.68. The Bertz CT molecular complexity index is 1120. The van der Waals surface area contributed by atoms with Gasteiger partial charge in [-0.25, -0.2) is 4.98 Å². The lowest BCUT2D eigenvalue weighted by molar-refractivity contribution is 0.304. The van der Waals surface area contributed by atoms with Crippen LogP contribution in [0.2, 0.25) is 0 Å². The summed E-state index contributed by atoms with van der Waals surface area (Å²) in [6.07, 6.45) is 3.35. The maximum Gasteiger partial charge on any atom is 0.261 e. The molecule has 0 fully saturated rings. The first-order chi connectivity index (χ1) is 13.8. The van der Waals surface area contributed by atoms with Crippen LogP contribution >= 0.6 is 0 Å². The minimum atomic E-state index is 0.0148. The van der Waals surface area contributed by atoms with Gasteiger partial charge in [0.15, 0.2) is 0 Å². The molecule has 0 spiro atoms. The highest BCUT2D eigenvalue weighted by Crippen LogP contribution is 2.29. The molecule has 4 heteroatoms. The standard InChI is InChI=1S/C24H22N2O2/c27-24-21-13-4-6-14-22(21)25-18-26(24)16-8-9-17-28-23-15-7-5-12-20(23)19-10-2-1-3-11-19/h1-7,10-15,18H,8-9,16-17H2. The molecule has 3 aromatic carbocycles. The third kappa shape index (κ3) is 3.96. The fourth-order valence-corrected chi connectivity index (χ4v) is 3.28. The smallest absolute Gasteiger partial charge is 0.261 e. The van der Waals surface area contributed by atoms with Crippen molar-refractivity contribution in [2.24, 2.45) is 0 Å². The molecular formula is C24H22N2O2. The van der Waals surface area contributed by atoms with Crippen LogP contribution in [0.5, 0.6) is 5.75 Å². The van der Waals surface area contributed by atoms with Crippen molar-refractivity contribution < 1.29 is 4.74 Å². The lowest BCUT2D eigenvalue weighted by atomic mass is 10.1. The fraction of sp³-hybridized carbons (Fsp3) is 0.167. The van der Waals surface area contributed by atoms with E-state index in [2.05, 4.69) is 23.2 Å². The average Bonchev–Trinajstić information content (AvgIpc) is 2.76. The number of hydrogen-bond acceptors (Lipinski definition) is 3. The summed E-state index contributed by atoms with van der Waals surface area (Å²) in [7, 11) is 0. The van der Waals surface area contributed by atoms with Gasteiger partial charge in [0.2, 0.25) is 0 Å². The molecule has 0 aliphatic rings. The number of hydrogen-bond donors (Lipinski definition) is 0. The number of unbranched alkanes of at least 4 members (excludes halogenated alkanes) is 1. The predicted octanol–water partition coefficient (Wildman–Crippen LogP) is 4.92. The lowest BCUT2D eigenvalue weighted by Crippen LogP contribution is -2.20. The Morgan fingerprint density at radius 1 is 0.821 bits per heavy atom. The number of benzene rings is 3. The summed E-state index contributed by atoms with van der Waals surface area (Å²) in [6.45, 7) is 1.25. The Hall–Kier alpha value is -3.40. The molecular weight excluding hydrogens is 348 g/mol. The molecule has 0 aliphatic carbocycles. The van der Waals surface area contributed by atoms with Crippen molar-refractivity contribution in [1.82, 2.24) is 9.55 Å². The van der Waals surface area contributed by atoms with Gasteiger partial charge >= 0.3 is 0 Å². The van der Waals surface area contributed by atoms with Gasteiger partial charge in [-0.1, -0.05) is 60.7 Å². The largest absolute Gasteiger partial charge is 0.493 e. The van der Waals surface area contributed by atoms with Crippen molar-refractivity contribution in [3.63, 3.8) is 0 Å². The highest BCUT2D eigenvalue weighted by Gasteiger charge is 2.06. The Balaban J connectivity index is 1.35. The van der Waals surface area contributed by atoms with E-state index in [4.69, 9.17) is 4.74 Å². The minimum absolute atomic E-state index is 0.0148. The van der Waals surface area contributed by atoms with E-state index in [1.54, 1.807) is 10.9 Å². The summed E-state index contributed by atoms with van der Waals surface area (Å²) in [4.78, 5) is 16.9. The predicted molar refractivity (Wildman–Crippen MR) is 113 cm³/mol. The van der Waals surface area contributed by atoms with Crippen molar-refractivity contribution in [3.05, 3.63) is 95.5 Å². The summed E-state index contributed by atoms with van der Waals surface area (Å²) in [6, 6.07) is 25.8. The molecule has 4 rings (SSSR count). The van der Waals surface area contributed by atoms with Crippen molar-refractivity contribution in [2.75, 3.05) is 6.61 Å². The van der Waals surface area contributed by atoms with Crippen LogP contribution in [-0.2, 0) is 6.54 Å². The maximum absolute atomic E-state index is 12.5. The number of aryl methyl sites for hydroxylation is 1. The number of nitrogens with zero attached hydrogens (tertiary/aromatic N) is 2. The molecule has 0 amide bonds.